The second kappa shape index (κ2) is 4.51. The lowest BCUT2D eigenvalue weighted by Gasteiger charge is -2.21. The Labute approximate surface area is 116 Å². The van der Waals surface area contributed by atoms with Crippen LogP contribution in [0.25, 0.3) is 10.9 Å². The van der Waals surface area contributed by atoms with E-state index in [-0.39, 0.29) is 10.9 Å². The van der Waals surface area contributed by atoms with E-state index in [1.54, 1.807) is 10.8 Å². The van der Waals surface area contributed by atoms with Gasteiger partial charge in [-0.1, -0.05) is 20.8 Å². The van der Waals surface area contributed by atoms with Crippen molar-refractivity contribution >= 4 is 10.9 Å². The Balaban J connectivity index is 3.07. The lowest BCUT2D eigenvalue weighted by Crippen LogP contribution is -2.25. The molecule has 0 aliphatic heterocycles. The van der Waals surface area contributed by atoms with Gasteiger partial charge in [0.05, 0.1) is 10.9 Å². The largest absolute Gasteiger partial charge is 0.504 e. The molecule has 0 bridgehead atoms. The van der Waals surface area contributed by atoms with Gasteiger partial charge in [-0.25, -0.2) is 4.39 Å². The molecule has 0 radical (unpaired) electrons. The Hall–Kier alpha value is -2.04. The summed E-state index contributed by atoms with van der Waals surface area (Å²) in [5.41, 5.74) is -0.151. The van der Waals surface area contributed by atoms with Crippen molar-refractivity contribution in [1.82, 2.24) is 4.57 Å². The number of aromatic nitrogens is 1. The number of aromatic hydroxyl groups is 2. The molecule has 2 N–H and O–H groups in total. The van der Waals surface area contributed by atoms with Crippen molar-refractivity contribution in [3.8, 4) is 11.5 Å². The van der Waals surface area contributed by atoms with Gasteiger partial charge in [-0.2, -0.15) is 0 Å². The zero-order valence-corrected chi connectivity index (χ0v) is 12.0. The predicted octanol–water partition coefficient (Wildman–Crippen LogP) is 2.87. The first-order valence-electron chi connectivity index (χ1n) is 6.46. The molecule has 2 rings (SSSR count). The second-order valence-corrected chi connectivity index (χ2v) is 5.86. The zero-order chi connectivity index (χ0) is 15.2. The van der Waals surface area contributed by atoms with E-state index in [1.165, 1.54) is 6.07 Å². The first kappa shape index (κ1) is 14.4. The summed E-state index contributed by atoms with van der Waals surface area (Å²) in [6.45, 7) is 7.98. The maximum absolute atomic E-state index is 14.2. The van der Waals surface area contributed by atoms with Crippen LogP contribution in [-0.4, -0.2) is 14.8 Å². The average Bonchev–Trinajstić information content (AvgIpc) is 2.34. The van der Waals surface area contributed by atoms with Gasteiger partial charge in [0.15, 0.2) is 22.7 Å². The van der Waals surface area contributed by atoms with Crippen molar-refractivity contribution < 1.29 is 14.6 Å². The lowest BCUT2D eigenvalue weighted by atomic mass is 9.87. The third-order valence-corrected chi connectivity index (χ3v) is 3.41. The lowest BCUT2D eigenvalue weighted by molar-refractivity contribution is 0.381. The molecule has 0 fully saturated rings. The van der Waals surface area contributed by atoms with E-state index in [9.17, 15) is 19.4 Å². The van der Waals surface area contributed by atoms with E-state index in [4.69, 9.17) is 0 Å². The van der Waals surface area contributed by atoms with Crippen molar-refractivity contribution in [2.24, 2.45) is 0 Å². The highest BCUT2D eigenvalue weighted by Crippen LogP contribution is 2.34. The summed E-state index contributed by atoms with van der Waals surface area (Å²) in [6.07, 6.45) is 1.68. The number of rotatable bonds is 1. The summed E-state index contributed by atoms with van der Waals surface area (Å²) in [6, 6.07) is 1.21. The normalized spacial score (nSPS) is 12.1. The number of halogens is 1. The molecular weight excluding hydrogens is 261 g/mol. The van der Waals surface area contributed by atoms with Crippen LogP contribution < -0.4 is 5.43 Å². The number of phenolic OH excluding ortho intramolecular Hbond substituents is 2. The Morgan fingerprint density at radius 1 is 1.30 bits per heavy atom. The highest BCUT2D eigenvalue weighted by molar-refractivity contribution is 5.84. The number of fused-ring (bicyclic) bond motifs is 1. The summed E-state index contributed by atoms with van der Waals surface area (Å²) in [5, 5.41) is 18.9. The van der Waals surface area contributed by atoms with Crippen molar-refractivity contribution in [3.05, 3.63) is 33.9 Å². The topological polar surface area (TPSA) is 62.5 Å². The molecule has 0 aliphatic rings. The molecule has 20 heavy (non-hydrogen) atoms. The molecule has 1 aromatic carbocycles. The van der Waals surface area contributed by atoms with Gasteiger partial charge in [0.25, 0.3) is 0 Å². The molecule has 0 saturated carbocycles. The van der Waals surface area contributed by atoms with Gasteiger partial charge in [0, 0.05) is 24.4 Å². The standard InChI is InChI=1S/C15H18FNO3/c1-5-17-7-8(15(2,3)4)13(19)11-9(17)6-10(18)14(20)12(11)16/h6-7,18,20H,5H2,1-4H3. The van der Waals surface area contributed by atoms with Crippen LogP contribution >= 0.6 is 0 Å². The maximum atomic E-state index is 14.2. The van der Waals surface area contributed by atoms with Gasteiger partial charge in [-0.15, -0.1) is 0 Å². The predicted molar refractivity (Wildman–Crippen MR) is 75.9 cm³/mol. The van der Waals surface area contributed by atoms with Crippen LogP contribution in [0.15, 0.2) is 17.1 Å². The van der Waals surface area contributed by atoms with Crippen LogP contribution in [0.5, 0.6) is 11.5 Å². The van der Waals surface area contributed by atoms with Crippen molar-refractivity contribution in [2.45, 2.75) is 39.7 Å². The minimum atomic E-state index is -1.07. The van der Waals surface area contributed by atoms with E-state index < -0.39 is 28.2 Å². The summed E-state index contributed by atoms with van der Waals surface area (Å²) in [5.74, 6) is -2.53. The van der Waals surface area contributed by atoms with Crippen LogP contribution in [-0.2, 0) is 12.0 Å². The molecule has 1 heterocycles. The molecule has 1 aromatic heterocycles. The number of phenols is 2. The highest BCUT2D eigenvalue weighted by atomic mass is 19.1. The number of aryl methyl sites for hydroxylation is 1. The molecule has 2 aromatic rings. The van der Waals surface area contributed by atoms with Crippen molar-refractivity contribution in [2.75, 3.05) is 0 Å². The van der Waals surface area contributed by atoms with Gasteiger partial charge in [0.2, 0.25) is 0 Å². The molecule has 4 nitrogen and oxygen atoms in total. The minimum absolute atomic E-state index is 0.186. The van der Waals surface area contributed by atoms with Gasteiger partial charge in [-0.3, -0.25) is 4.79 Å². The smallest absolute Gasteiger partial charge is 0.196 e. The summed E-state index contributed by atoms with van der Waals surface area (Å²) >= 11 is 0. The molecule has 5 heteroatoms. The summed E-state index contributed by atoms with van der Waals surface area (Å²) < 4.78 is 15.9. The van der Waals surface area contributed by atoms with Crippen LogP contribution in [0.1, 0.15) is 33.3 Å². The summed E-state index contributed by atoms with van der Waals surface area (Å²) in [7, 11) is 0. The van der Waals surface area contributed by atoms with E-state index in [1.807, 2.05) is 27.7 Å². The third kappa shape index (κ3) is 2.03. The van der Waals surface area contributed by atoms with Gasteiger partial charge in [-0.05, 0) is 12.3 Å². The molecule has 0 atom stereocenters. The number of hydrogen-bond donors (Lipinski definition) is 2. The Morgan fingerprint density at radius 2 is 1.90 bits per heavy atom. The maximum Gasteiger partial charge on any atom is 0.196 e. The SMILES string of the molecule is CCn1cc(C(C)(C)C)c(=O)c2c(F)c(O)c(O)cc21. The average molecular weight is 279 g/mol. The van der Waals surface area contributed by atoms with Crippen molar-refractivity contribution in [1.29, 1.82) is 0 Å². The molecule has 0 saturated heterocycles. The Bertz CT molecular complexity index is 742. The van der Waals surface area contributed by atoms with Gasteiger partial charge >= 0.3 is 0 Å². The fourth-order valence-electron chi connectivity index (χ4n) is 2.27. The van der Waals surface area contributed by atoms with Crippen LogP contribution in [0.3, 0.4) is 0 Å². The van der Waals surface area contributed by atoms with Crippen LogP contribution in [0, 0.1) is 5.82 Å². The Kier molecular flexibility index (Phi) is 3.24. The Morgan fingerprint density at radius 3 is 2.40 bits per heavy atom. The summed E-state index contributed by atoms with van der Waals surface area (Å²) in [4.78, 5) is 12.5. The van der Waals surface area contributed by atoms with Gasteiger partial charge < -0.3 is 14.8 Å². The highest BCUT2D eigenvalue weighted by Gasteiger charge is 2.24. The second-order valence-electron chi connectivity index (χ2n) is 5.86. The molecule has 0 amide bonds. The van der Waals surface area contributed by atoms with Gasteiger partial charge in [0.1, 0.15) is 0 Å². The van der Waals surface area contributed by atoms with E-state index in [0.717, 1.165) is 0 Å². The number of nitrogens with zero attached hydrogens (tertiary/aromatic N) is 1. The number of benzene rings is 1. The van der Waals surface area contributed by atoms with Crippen LogP contribution in [0.2, 0.25) is 0 Å². The van der Waals surface area contributed by atoms with Crippen LogP contribution in [0.4, 0.5) is 4.39 Å². The fraction of sp³-hybridized carbons (Fsp3) is 0.400. The van der Waals surface area contributed by atoms with E-state index in [0.29, 0.717) is 12.1 Å². The molecule has 0 aliphatic carbocycles. The number of hydrogen-bond acceptors (Lipinski definition) is 3. The van der Waals surface area contributed by atoms with E-state index in [2.05, 4.69) is 0 Å². The molecule has 0 spiro atoms. The third-order valence-electron chi connectivity index (χ3n) is 3.41. The van der Waals surface area contributed by atoms with Crippen molar-refractivity contribution in [3.63, 3.8) is 0 Å². The first-order chi connectivity index (χ1) is 9.18. The minimum Gasteiger partial charge on any atom is -0.504 e. The zero-order valence-electron chi connectivity index (χ0n) is 12.0. The monoisotopic (exact) mass is 279 g/mol. The quantitative estimate of drug-likeness (QED) is 0.789. The molecule has 108 valence electrons. The first-order valence-corrected chi connectivity index (χ1v) is 6.46. The van der Waals surface area contributed by atoms with E-state index >= 15 is 0 Å². The molecular formula is C15H18FNO3. The molecule has 0 unspecified atom stereocenters. The fourth-order valence-corrected chi connectivity index (χ4v) is 2.27. The number of pyridine rings is 1.